The fourth-order valence-electron chi connectivity index (χ4n) is 9.31. The lowest BCUT2D eigenvalue weighted by atomic mass is 9.41. The summed E-state index contributed by atoms with van der Waals surface area (Å²) in [6.07, 6.45) is -0.998. The Labute approximate surface area is 223 Å². The molecule has 0 aliphatic heterocycles. The number of aryl methyl sites for hydroxylation is 1. The number of ketones is 1. The van der Waals surface area contributed by atoms with Gasteiger partial charge in [0.1, 0.15) is 17.5 Å². The van der Waals surface area contributed by atoms with E-state index in [1.54, 1.807) is 32.0 Å². The van der Waals surface area contributed by atoms with Crippen LogP contribution in [0, 0.1) is 35.5 Å². The lowest BCUT2D eigenvalue weighted by Crippen LogP contribution is -2.76. The Morgan fingerprint density at radius 3 is 2.45 bits per heavy atom. The van der Waals surface area contributed by atoms with Crippen molar-refractivity contribution in [2.24, 2.45) is 28.6 Å². The number of fused-ring (bicyclic) bond motifs is 5. The molecular weight excluding hydrogens is 490 g/mol. The molecule has 0 heterocycles. The van der Waals surface area contributed by atoms with Crippen LogP contribution in [0.1, 0.15) is 74.7 Å². The number of carbonyl (C=O) groups excluding carboxylic acids is 2. The van der Waals surface area contributed by atoms with Crippen LogP contribution in [0.15, 0.2) is 18.2 Å². The molecule has 0 bridgehead atoms. The normalized spacial score (nSPS) is 46.0. The van der Waals surface area contributed by atoms with Gasteiger partial charge in [-0.1, -0.05) is 6.92 Å². The molecule has 38 heavy (non-hydrogen) atoms. The van der Waals surface area contributed by atoms with Crippen molar-refractivity contribution in [3.63, 3.8) is 0 Å². The Balaban J connectivity index is 1.53. The molecule has 10 atom stereocenters. The molecule has 5 rings (SSSR count). The number of nitrogens with two attached hydrogens (primary N) is 1. The molecule has 9 heteroatoms. The lowest BCUT2D eigenvalue weighted by Gasteiger charge is -2.67. The first-order valence-corrected chi connectivity index (χ1v) is 13.8. The zero-order valence-electron chi connectivity index (χ0n) is 22.4. The van der Waals surface area contributed by atoms with Crippen LogP contribution in [0.25, 0.3) is 0 Å². The highest BCUT2D eigenvalue weighted by Gasteiger charge is 2.80. The van der Waals surface area contributed by atoms with E-state index in [9.17, 15) is 35.1 Å². The highest BCUT2D eigenvalue weighted by Crippen LogP contribution is 2.70. The van der Waals surface area contributed by atoms with Gasteiger partial charge in [-0.2, -0.15) is 0 Å². The monoisotopic (exact) mass is 531 g/mol. The number of Topliss-reactive ketones (excluding diaryl/α,β-unsaturated/α-hetero) is 1. The molecule has 4 aliphatic carbocycles. The molecule has 4 saturated carbocycles. The maximum atomic E-state index is 13.2. The molecule has 7 N–H and O–H groups in total. The molecule has 1 aromatic carbocycles. The van der Waals surface area contributed by atoms with Crippen LogP contribution in [0.2, 0.25) is 0 Å². The summed E-state index contributed by atoms with van der Waals surface area (Å²) in [6, 6.07) is 4.96. The van der Waals surface area contributed by atoms with Crippen molar-refractivity contribution in [3.8, 4) is 0 Å². The Hall–Kier alpha value is -2.04. The number of carbonyl (C=O) groups is 2. The first-order chi connectivity index (χ1) is 17.7. The SMILES string of the molecule is CC(=O)[C@@H]1[C@H](O)[C@@H](O)[C@@]2(O)[C@]1(C)CC[C@@H]1[C@@]3(COC(=O)c4ccc(N)cc4C)CC[C@H](O)C[C@@H]3CC[C@]12O. The van der Waals surface area contributed by atoms with Gasteiger partial charge in [-0.05, 0) is 94.4 Å². The van der Waals surface area contributed by atoms with Gasteiger partial charge in [0.25, 0.3) is 0 Å². The molecule has 0 aromatic heterocycles. The van der Waals surface area contributed by atoms with Gasteiger partial charge in [0.05, 0.1) is 35.9 Å². The quantitative estimate of drug-likeness (QED) is 0.249. The third-order valence-electron chi connectivity index (χ3n) is 11.1. The summed E-state index contributed by atoms with van der Waals surface area (Å²) in [5, 5.41) is 57.4. The zero-order valence-corrected chi connectivity index (χ0v) is 22.4. The summed E-state index contributed by atoms with van der Waals surface area (Å²) < 4.78 is 5.93. The standard InChI is InChI=1S/C29H41NO8/c1-15-12-18(30)4-5-20(15)25(35)38-14-27-10-7-19(32)13-17(27)6-11-28(36)21(27)8-9-26(3)22(16(2)31)23(33)24(34)29(26,28)37/h4-5,12,17,19,21-24,32-34,36-37H,6-11,13-14,30H2,1-3H3/t17-,19-,21+,22+,23-,24+,26+,27+,28-,29+/m0/s1. The first kappa shape index (κ1) is 27.5. The van der Waals surface area contributed by atoms with Crippen LogP contribution in [0.3, 0.4) is 0 Å². The molecular formula is C29H41NO8. The second-order valence-electron chi connectivity index (χ2n) is 12.8. The topological polar surface area (TPSA) is 171 Å². The van der Waals surface area contributed by atoms with Crippen molar-refractivity contribution >= 4 is 17.4 Å². The molecule has 1 aromatic rings. The summed E-state index contributed by atoms with van der Waals surface area (Å²) in [4.78, 5) is 25.8. The highest BCUT2D eigenvalue weighted by atomic mass is 16.5. The van der Waals surface area contributed by atoms with E-state index in [0.29, 0.717) is 55.3 Å². The summed E-state index contributed by atoms with van der Waals surface area (Å²) in [6.45, 7) is 4.79. The highest BCUT2D eigenvalue weighted by molar-refractivity contribution is 5.91. The van der Waals surface area contributed by atoms with E-state index in [4.69, 9.17) is 10.5 Å². The van der Waals surface area contributed by atoms with E-state index in [-0.39, 0.29) is 24.7 Å². The number of benzene rings is 1. The summed E-state index contributed by atoms with van der Waals surface area (Å²) in [7, 11) is 0. The average Bonchev–Trinajstić information content (AvgIpc) is 3.01. The Kier molecular flexibility index (Phi) is 6.51. The molecule has 0 amide bonds. The largest absolute Gasteiger partial charge is 0.461 e. The predicted octanol–water partition coefficient (Wildman–Crippen LogP) is 1.49. The second-order valence-corrected chi connectivity index (χ2v) is 12.8. The minimum atomic E-state index is -2.13. The van der Waals surface area contributed by atoms with Crippen LogP contribution in [0.4, 0.5) is 5.69 Å². The van der Waals surface area contributed by atoms with Gasteiger partial charge in [0.15, 0.2) is 0 Å². The summed E-state index contributed by atoms with van der Waals surface area (Å²) in [5.74, 6) is -2.51. The number of esters is 1. The average molecular weight is 532 g/mol. The van der Waals surface area contributed by atoms with Gasteiger partial charge in [-0.3, -0.25) is 4.79 Å². The third-order valence-corrected chi connectivity index (χ3v) is 11.1. The molecule has 4 fully saturated rings. The van der Waals surface area contributed by atoms with Gasteiger partial charge < -0.3 is 36.0 Å². The van der Waals surface area contributed by atoms with Crippen molar-refractivity contribution in [3.05, 3.63) is 29.3 Å². The molecule has 9 nitrogen and oxygen atoms in total. The number of hydrogen-bond acceptors (Lipinski definition) is 9. The van der Waals surface area contributed by atoms with Crippen LogP contribution in [0.5, 0.6) is 0 Å². The zero-order chi connectivity index (χ0) is 27.8. The van der Waals surface area contributed by atoms with Crippen molar-refractivity contribution in [2.75, 3.05) is 12.3 Å². The lowest BCUT2D eigenvalue weighted by molar-refractivity contribution is -0.322. The Bertz CT molecular complexity index is 1140. The van der Waals surface area contributed by atoms with Crippen LogP contribution in [-0.2, 0) is 9.53 Å². The van der Waals surface area contributed by atoms with E-state index in [1.165, 1.54) is 6.92 Å². The van der Waals surface area contributed by atoms with Crippen LogP contribution >= 0.6 is 0 Å². The van der Waals surface area contributed by atoms with Crippen LogP contribution < -0.4 is 5.73 Å². The molecule has 0 spiro atoms. The predicted molar refractivity (Wildman–Crippen MR) is 138 cm³/mol. The van der Waals surface area contributed by atoms with Crippen molar-refractivity contribution in [1.82, 2.24) is 0 Å². The van der Waals surface area contributed by atoms with E-state index in [1.807, 2.05) is 0 Å². The number of hydrogen-bond donors (Lipinski definition) is 6. The second kappa shape index (κ2) is 8.99. The van der Waals surface area contributed by atoms with Crippen molar-refractivity contribution < 1.29 is 39.9 Å². The Morgan fingerprint density at radius 1 is 1.08 bits per heavy atom. The number of ether oxygens (including phenoxy) is 1. The van der Waals surface area contributed by atoms with E-state index < -0.39 is 58.1 Å². The summed E-state index contributed by atoms with van der Waals surface area (Å²) >= 11 is 0. The van der Waals surface area contributed by atoms with E-state index >= 15 is 0 Å². The minimum absolute atomic E-state index is 0.0123. The van der Waals surface area contributed by atoms with Gasteiger partial charge >= 0.3 is 5.97 Å². The maximum Gasteiger partial charge on any atom is 0.338 e. The molecule has 0 saturated heterocycles. The number of rotatable bonds is 4. The van der Waals surface area contributed by atoms with Crippen LogP contribution in [-0.4, -0.2) is 73.4 Å². The smallest absolute Gasteiger partial charge is 0.338 e. The first-order valence-electron chi connectivity index (χ1n) is 13.8. The van der Waals surface area contributed by atoms with Crippen molar-refractivity contribution in [2.45, 2.75) is 95.2 Å². The van der Waals surface area contributed by atoms with Gasteiger partial charge in [-0.25, -0.2) is 4.79 Å². The van der Waals surface area contributed by atoms with Gasteiger partial charge in [0.2, 0.25) is 0 Å². The number of aliphatic hydroxyl groups is 5. The molecule has 210 valence electrons. The minimum Gasteiger partial charge on any atom is -0.461 e. The van der Waals surface area contributed by atoms with E-state index in [2.05, 4.69) is 0 Å². The number of nitrogen functional groups attached to an aromatic ring is 1. The third kappa shape index (κ3) is 3.48. The van der Waals surface area contributed by atoms with Gasteiger partial charge in [0, 0.05) is 16.5 Å². The fourth-order valence-corrected chi connectivity index (χ4v) is 9.31. The number of anilines is 1. The van der Waals surface area contributed by atoms with E-state index in [0.717, 1.165) is 0 Å². The molecule has 4 aliphatic rings. The fraction of sp³-hybridized carbons (Fsp3) is 0.724. The Morgan fingerprint density at radius 2 is 1.79 bits per heavy atom. The van der Waals surface area contributed by atoms with Crippen molar-refractivity contribution in [1.29, 1.82) is 0 Å². The number of aliphatic hydroxyl groups excluding tert-OH is 3. The molecule has 0 unspecified atom stereocenters. The summed E-state index contributed by atoms with van der Waals surface area (Å²) in [5.41, 5.74) is 1.50. The van der Waals surface area contributed by atoms with Gasteiger partial charge in [-0.15, -0.1) is 0 Å². The maximum absolute atomic E-state index is 13.2. The molecule has 0 radical (unpaired) electrons.